The maximum absolute atomic E-state index is 12.4. The molecule has 1 aromatic carbocycles. The Morgan fingerprint density at radius 3 is 2.67 bits per heavy atom. The lowest BCUT2D eigenvalue weighted by Crippen LogP contribution is -2.41. The number of rotatable bonds is 6. The molecule has 0 aliphatic carbocycles. The summed E-state index contributed by atoms with van der Waals surface area (Å²) in [4.78, 5) is 12.4. The highest BCUT2D eigenvalue weighted by atomic mass is 32.2. The number of furan rings is 1. The fraction of sp³-hybridized carbons (Fsp3) is 0.312. The molecule has 2 atom stereocenters. The Hall–Kier alpha value is -1.72. The first-order valence-corrected chi connectivity index (χ1v) is 8.03. The first-order chi connectivity index (χ1) is 10.2. The standard InChI is InChI=1S/C16H19NO3S/c1-11(14(10-18)21-2)17-16(19)15-13(8-9-20-15)12-6-4-3-5-7-12/h3-9,11,14,18H,10H2,1-2H3,(H,17,19)/t11-,14+/m0/s1. The van der Waals surface area contributed by atoms with Crippen molar-refractivity contribution < 1.29 is 14.3 Å². The zero-order chi connectivity index (χ0) is 15.2. The van der Waals surface area contributed by atoms with Crippen LogP contribution in [0.5, 0.6) is 0 Å². The normalized spacial score (nSPS) is 13.7. The summed E-state index contributed by atoms with van der Waals surface area (Å²) in [5.74, 6) is 0.0321. The van der Waals surface area contributed by atoms with E-state index >= 15 is 0 Å². The van der Waals surface area contributed by atoms with Gasteiger partial charge in [-0.25, -0.2) is 0 Å². The summed E-state index contributed by atoms with van der Waals surface area (Å²) in [6, 6.07) is 11.3. The highest BCUT2D eigenvalue weighted by molar-refractivity contribution is 7.99. The first-order valence-electron chi connectivity index (χ1n) is 6.74. The molecule has 5 heteroatoms. The van der Waals surface area contributed by atoms with Crippen LogP contribution < -0.4 is 5.32 Å². The molecule has 2 rings (SSSR count). The van der Waals surface area contributed by atoms with Gasteiger partial charge in [-0.05, 0) is 24.8 Å². The number of carbonyl (C=O) groups excluding carboxylic acids is 1. The molecular weight excluding hydrogens is 286 g/mol. The number of hydrogen-bond donors (Lipinski definition) is 2. The van der Waals surface area contributed by atoms with Gasteiger partial charge in [0.2, 0.25) is 0 Å². The number of aliphatic hydroxyl groups is 1. The zero-order valence-electron chi connectivity index (χ0n) is 12.1. The van der Waals surface area contributed by atoms with E-state index in [1.54, 1.807) is 6.07 Å². The lowest BCUT2D eigenvalue weighted by atomic mass is 10.1. The maximum atomic E-state index is 12.4. The average Bonchev–Trinajstić information content (AvgIpc) is 2.99. The zero-order valence-corrected chi connectivity index (χ0v) is 12.9. The molecule has 0 saturated heterocycles. The Morgan fingerprint density at radius 1 is 1.33 bits per heavy atom. The maximum Gasteiger partial charge on any atom is 0.287 e. The lowest BCUT2D eigenvalue weighted by molar-refractivity contribution is 0.0909. The summed E-state index contributed by atoms with van der Waals surface area (Å²) in [7, 11) is 0. The minimum atomic E-state index is -0.265. The second kappa shape index (κ2) is 7.33. The highest BCUT2D eigenvalue weighted by Crippen LogP contribution is 2.24. The van der Waals surface area contributed by atoms with E-state index < -0.39 is 0 Å². The molecule has 0 unspecified atom stereocenters. The molecule has 2 aromatic rings. The Kier molecular flexibility index (Phi) is 5.47. The molecule has 0 spiro atoms. The average molecular weight is 305 g/mol. The van der Waals surface area contributed by atoms with Crippen molar-refractivity contribution >= 4 is 17.7 Å². The van der Waals surface area contributed by atoms with Gasteiger partial charge in [-0.1, -0.05) is 30.3 Å². The van der Waals surface area contributed by atoms with Gasteiger partial charge in [0.15, 0.2) is 5.76 Å². The van der Waals surface area contributed by atoms with Crippen LogP contribution in [0.4, 0.5) is 0 Å². The minimum absolute atomic E-state index is 0.0201. The van der Waals surface area contributed by atoms with E-state index in [-0.39, 0.29) is 23.8 Å². The van der Waals surface area contributed by atoms with E-state index in [0.717, 1.165) is 11.1 Å². The Balaban J connectivity index is 2.16. The monoisotopic (exact) mass is 305 g/mol. The molecule has 0 fully saturated rings. The van der Waals surface area contributed by atoms with Crippen LogP contribution in [0.15, 0.2) is 47.1 Å². The van der Waals surface area contributed by atoms with Gasteiger partial charge in [-0.2, -0.15) is 11.8 Å². The minimum Gasteiger partial charge on any atom is -0.459 e. The predicted molar refractivity (Wildman–Crippen MR) is 85.5 cm³/mol. The van der Waals surface area contributed by atoms with Crippen LogP contribution in [0.1, 0.15) is 17.5 Å². The van der Waals surface area contributed by atoms with E-state index in [0.29, 0.717) is 5.76 Å². The van der Waals surface area contributed by atoms with Gasteiger partial charge >= 0.3 is 0 Å². The molecule has 1 amide bonds. The number of thioether (sulfide) groups is 1. The molecule has 0 aliphatic heterocycles. The number of nitrogens with one attached hydrogen (secondary N) is 1. The fourth-order valence-corrected chi connectivity index (χ4v) is 2.76. The summed E-state index contributed by atoms with van der Waals surface area (Å²) in [5.41, 5.74) is 1.71. The molecule has 4 nitrogen and oxygen atoms in total. The summed E-state index contributed by atoms with van der Waals surface area (Å²) in [6.07, 6.45) is 3.42. The molecule has 0 radical (unpaired) electrons. The van der Waals surface area contributed by atoms with Crippen molar-refractivity contribution in [3.8, 4) is 11.1 Å². The largest absolute Gasteiger partial charge is 0.459 e. The van der Waals surface area contributed by atoms with E-state index in [1.165, 1.54) is 18.0 Å². The van der Waals surface area contributed by atoms with Crippen molar-refractivity contribution in [3.63, 3.8) is 0 Å². The van der Waals surface area contributed by atoms with E-state index in [9.17, 15) is 9.90 Å². The van der Waals surface area contributed by atoms with Gasteiger partial charge in [0.05, 0.1) is 12.9 Å². The Bertz CT molecular complexity index is 578. The van der Waals surface area contributed by atoms with Gasteiger partial charge in [-0.15, -0.1) is 0 Å². The molecule has 0 bridgehead atoms. The number of amides is 1. The van der Waals surface area contributed by atoms with Crippen LogP contribution in [0.2, 0.25) is 0 Å². The third kappa shape index (κ3) is 3.68. The number of benzene rings is 1. The number of hydrogen-bond acceptors (Lipinski definition) is 4. The topological polar surface area (TPSA) is 62.5 Å². The Labute approximate surface area is 128 Å². The summed E-state index contributed by atoms with van der Waals surface area (Å²) >= 11 is 1.52. The van der Waals surface area contributed by atoms with Crippen LogP contribution in [0.3, 0.4) is 0 Å². The summed E-state index contributed by atoms with van der Waals surface area (Å²) in [6.45, 7) is 1.90. The van der Waals surface area contributed by atoms with E-state index in [4.69, 9.17) is 4.42 Å². The molecule has 0 aliphatic rings. The van der Waals surface area contributed by atoms with Gasteiger partial charge in [0.25, 0.3) is 5.91 Å². The number of aliphatic hydroxyl groups excluding tert-OH is 1. The van der Waals surface area contributed by atoms with Crippen molar-refractivity contribution in [1.29, 1.82) is 0 Å². The molecule has 1 heterocycles. The summed E-state index contributed by atoms with van der Waals surface area (Å²) < 4.78 is 5.35. The molecule has 1 aromatic heterocycles. The van der Waals surface area contributed by atoms with Crippen molar-refractivity contribution in [2.24, 2.45) is 0 Å². The van der Waals surface area contributed by atoms with E-state index in [2.05, 4.69) is 5.32 Å². The van der Waals surface area contributed by atoms with E-state index in [1.807, 2.05) is 43.5 Å². The van der Waals surface area contributed by atoms with Crippen LogP contribution in [-0.2, 0) is 0 Å². The summed E-state index contributed by atoms with van der Waals surface area (Å²) in [5, 5.41) is 12.1. The van der Waals surface area contributed by atoms with Crippen LogP contribution in [-0.4, -0.2) is 35.2 Å². The molecular formula is C16H19NO3S. The quantitative estimate of drug-likeness (QED) is 0.861. The second-order valence-electron chi connectivity index (χ2n) is 4.75. The van der Waals surface area contributed by atoms with Gasteiger partial charge in [0, 0.05) is 16.9 Å². The third-order valence-corrected chi connectivity index (χ3v) is 4.52. The Morgan fingerprint density at radius 2 is 2.05 bits per heavy atom. The van der Waals surface area contributed by atoms with Crippen molar-refractivity contribution in [3.05, 3.63) is 48.4 Å². The van der Waals surface area contributed by atoms with Crippen LogP contribution in [0, 0.1) is 0 Å². The SMILES string of the molecule is CS[C@H](CO)[C@H](C)NC(=O)c1occc1-c1ccccc1. The molecule has 0 saturated carbocycles. The predicted octanol–water partition coefficient (Wildman–Crippen LogP) is 2.79. The fourth-order valence-electron chi connectivity index (χ4n) is 2.13. The molecule has 2 N–H and O–H groups in total. The smallest absolute Gasteiger partial charge is 0.287 e. The van der Waals surface area contributed by atoms with Crippen molar-refractivity contribution in [2.75, 3.05) is 12.9 Å². The van der Waals surface area contributed by atoms with Gasteiger partial charge < -0.3 is 14.8 Å². The van der Waals surface area contributed by atoms with Crippen molar-refractivity contribution in [1.82, 2.24) is 5.32 Å². The highest BCUT2D eigenvalue weighted by Gasteiger charge is 2.22. The van der Waals surface area contributed by atoms with Crippen LogP contribution >= 0.6 is 11.8 Å². The molecule has 21 heavy (non-hydrogen) atoms. The third-order valence-electron chi connectivity index (χ3n) is 3.36. The van der Waals surface area contributed by atoms with Gasteiger partial charge in [-0.3, -0.25) is 4.79 Å². The second-order valence-corrected chi connectivity index (χ2v) is 5.83. The van der Waals surface area contributed by atoms with Crippen molar-refractivity contribution in [2.45, 2.75) is 18.2 Å². The van der Waals surface area contributed by atoms with Crippen LogP contribution in [0.25, 0.3) is 11.1 Å². The molecule has 112 valence electrons. The first kappa shape index (κ1) is 15.7. The van der Waals surface area contributed by atoms with Gasteiger partial charge in [0.1, 0.15) is 0 Å². The number of carbonyl (C=O) groups is 1. The lowest BCUT2D eigenvalue weighted by Gasteiger charge is -2.20.